The van der Waals surface area contributed by atoms with Crippen LogP contribution >= 0.6 is 0 Å². The van der Waals surface area contributed by atoms with E-state index in [1.165, 1.54) is 0 Å². The molecule has 0 saturated heterocycles. The molecule has 1 aliphatic carbocycles. The van der Waals surface area contributed by atoms with Gasteiger partial charge in [0.05, 0.1) is 12.0 Å². The first-order chi connectivity index (χ1) is 7.72. The number of amides is 1. The van der Waals surface area contributed by atoms with E-state index in [1.807, 2.05) is 0 Å². The smallest absolute Gasteiger partial charge is 0.222 e. The van der Waals surface area contributed by atoms with E-state index < -0.39 is 0 Å². The Morgan fingerprint density at radius 1 is 1.38 bits per heavy atom. The van der Waals surface area contributed by atoms with Crippen LogP contribution in [-0.2, 0) is 9.53 Å². The molecule has 0 radical (unpaired) electrons. The molecule has 0 unspecified atom stereocenters. The molecule has 0 aromatic rings. The van der Waals surface area contributed by atoms with Crippen LogP contribution < -0.4 is 5.32 Å². The summed E-state index contributed by atoms with van der Waals surface area (Å²) in [4.78, 5) is 11.6. The SMILES string of the molecule is COC1(CC(=O)NCCCCCO)CCC1. The fourth-order valence-electron chi connectivity index (χ4n) is 2.02. The molecule has 0 atom stereocenters. The van der Waals surface area contributed by atoms with Gasteiger partial charge in [-0.3, -0.25) is 4.79 Å². The minimum atomic E-state index is -0.171. The molecule has 2 N–H and O–H groups in total. The lowest BCUT2D eigenvalue weighted by molar-refractivity contribution is -0.134. The first-order valence-corrected chi connectivity index (χ1v) is 6.15. The Hall–Kier alpha value is -0.610. The van der Waals surface area contributed by atoms with Gasteiger partial charge < -0.3 is 15.2 Å². The van der Waals surface area contributed by atoms with Gasteiger partial charge in [0.2, 0.25) is 5.91 Å². The topological polar surface area (TPSA) is 58.6 Å². The van der Waals surface area contributed by atoms with E-state index in [0.29, 0.717) is 13.0 Å². The Morgan fingerprint density at radius 3 is 2.62 bits per heavy atom. The molecule has 16 heavy (non-hydrogen) atoms. The number of ether oxygens (including phenoxy) is 1. The summed E-state index contributed by atoms with van der Waals surface area (Å²) in [6, 6.07) is 0. The van der Waals surface area contributed by atoms with Crippen LogP contribution in [0.25, 0.3) is 0 Å². The molecule has 4 heteroatoms. The van der Waals surface area contributed by atoms with Crippen LogP contribution in [0.1, 0.15) is 44.9 Å². The molecule has 0 aromatic carbocycles. The predicted octanol–water partition coefficient (Wildman–Crippen LogP) is 1.22. The summed E-state index contributed by atoms with van der Waals surface area (Å²) in [5.41, 5.74) is -0.171. The van der Waals surface area contributed by atoms with E-state index >= 15 is 0 Å². The zero-order valence-electron chi connectivity index (χ0n) is 10.1. The molecule has 1 rings (SSSR count). The van der Waals surface area contributed by atoms with E-state index in [-0.39, 0.29) is 18.1 Å². The Balaban J connectivity index is 2.06. The summed E-state index contributed by atoms with van der Waals surface area (Å²) in [7, 11) is 1.69. The number of aliphatic hydroxyl groups excluding tert-OH is 1. The summed E-state index contributed by atoms with van der Waals surface area (Å²) >= 11 is 0. The highest BCUT2D eigenvalue weighted by Gasteiger charge is 2.38. The van der Waals surface area contributed by atoms with E-state index in [9.17, 15) is 4.79 Å². The van der Waals surface area contributed by atoms with Gasteiger partial charge in [-0.15, -0.1) is 0 Å². The highest BCUT2D eigenvalue weighted by Crippen LogP contribution is 2.37. The van der Waals surface area contributed by atoms with Crippen LogP contribution in [0.4, 0.5) is 0 Å². The number of rotatable bonds is 8. The van der Waals surface area contributed by atoms with Crippen molar-refractivity contribution < 1.29 is 14.6 Å². The second kappa shape index (κ2) is 6.86. The van der Waals surface area contributed by atoms with E-state index in [0.717, 1.165) is 38.5 Å². The lowest BCUT2D eigenvalue weighted by Gasteiger charge is -2.39. The van der Waals surface area contributed by atoms with Gasteiger partial charge in [0.15, 0.2) is 0 Å². The van der Waals surface area contributed by atoms with Gasteiger partial charge in [-0.1, -0.05) is 0 Å². The van der Waals surface area contributed by atoms with Crippen molar-refractivity contribution in [1.29, 1.82) is 0 Å². The lowest BCUT2D eigenvalue weighted by atomic mass is 9.77. The Kier molecular flexibility index (Phi) is 5.77. The molecule has 94 valence electrons. The zero-order chi connectivity index (χ0) is 11.9. The highest BCUT2D eigenvalue weighted by atomic mass is 16.5. The molecule has 0 aliphatic heterocycles. The number of aliphatic hydroxyl groups is 1. The van der Waals surface area contributed by atoms with Crippen LogP contribution in [0, 0.1) is 0 Å². The maximum atomic E-state index is 11.6. The number of carbonyl (C=O) groups is 1. The summed E-state index contributed by atoms with van der Waals surface area (Å²) in [5.74, 6) is 0.0885. The predicted molar refractivity (Wildman–Crippen MR) is 62.2 cm³/mol. The van der Waals surface area contributed by atoms with Crippen molar-refractivity contribution in [2.24, 2.45) is 0 Å². The second-order valence-corrected chi connectivity index (χ2v) is 4.55. The number of carbonyl (C=O) groups excluding carboxylic acids is 1. The Labute approximate surface area is 97.4 Å². The highest BCUT2D eigenvalue weighted by molar-refractivity contribution is 5.77. The van der Waals surface area contributed by atoms with Crippen LogP contribution in [0.2, 0.25) is 0 Å². The summed E-state index contributed by atoms with van der Waals surface area (Å²) in [6.45, 7) is 0.944. The van der Waals surface area contributed by atoms with Crippen molar-refractivity contribution in [2.75, 3.05) is 20.3 Å². The quantitative estimate of drug-likeness (QED) is 0.615. The molecular weight excluding hydrogens is 206 g/mol. The third kappa shape index (κ3) is 4.10. The van der Waals surface area contributed by atoms with Crippen molar-refractivity contribution in [2.45, 2.75) is 50.5 Å². The molecule has 1 amide bonds. The summed E-state index contributed by atoms with van der Waals surface area (Å²) in [6.07, 6.45) is 6.38. The van der Waals surface area contributed by atoms with Gasteiger partial charge >= 0.3 is 0 Å². The van der Waals surface area contributed by atoms with Crippen molar-refractivity contribution in [3.63, 3.8) is 0 Å². The van der Waals surface area contributed by atoms with Gasteiger partial charge in [-0.2, -0.15) is 0 Å². The van der Waals surface area contributed by atoms with Gasteiger partial charge in [-0.25, -0.2) is 0 Å². The molecule has 4 nitrogen and oxygen atoms in total. The first kappa shape index (κ1) is 13.5. The third-order valence-electron chi connectivity index (χ3n) is 3.34. The third-order valence-corrected chi connectivity index (χ3v) is 3.34. The van der Waals surface area contributed by atoms with Crippen molar-refractivity contribution in [3.8, 4) is 0 Å². The summed E-state index contributed by atoms with van der Waals surface area (Å²) in [5, 5.41) is 11.5. The van der Waals surface area contributed by atoms with Crippen molar-refractivity contribution in [3.05, 3.63) is 0 Å². The van der Waals surface area contributed by atoms with Crippen LogP contribution in [0.3, 0.4) is 0 Å². The standard InChI is InChI=1S/C12H23NO3/c1-16-12(6-5-7-12)10-11(15)13-8-3-2-4-9-14/h14H,2-10H2,1H3,(H,13,15). The van der Waals surface area contributed by atoms with Gasteiger partial charge in [0.25, 0.3) is 0 Å². The number of hydrogen-bond acceptors (Lipinski definition) is 3. The van der Waals surface area contributed by atoms with Gasteiger partial charge in [-0.05, 0) is 38.5 Å². The number of hydrogen-bond donors (Lipinski definition) is 2. The number of unbranched alkanes of at least 4 members (excludes halogenated alkanes) is 2. The molecule has 1 fully saturated rings. The Morgan fingerprint density at radius 2 is 2.12 bits per heavy atom. The number of nitrogens with one attached hydrogen (secondary N) is 1. The first-order valence-electron chi connectivity index (χ1n) is 6.15. The fraction of sp³-hybridized carbons (Fsp3) is 0.917. The maximum Gasteiger partial charge on any atom is 0.222 e. The monoisotopic (exact) mass is 229 g/mol. The molecular formula is C12H23NO3. The normalized spacial score (nSPS) is 17.9. The molecule has 1 aliphatic rings. The average Bonchev–Trinajstić information content (AvgIpc) is 2.23. The number of methoxy groups -OCH3 is 1. The Bertz CT molecular complexity index is 209. The van der Waals surface area contributed by atoms with Gasteiger partial charge in [0, 0.05) is 20.3 Å². The van der Waals surface area contributed by atoms with Crippen molar-refractivity contribution in [1.82, 2.24) is 5.32 Å². The van der Waals surface area contributed by atoms with E-state index in [4.69, 9.17) is 9.84 Å². The van der Waals surface area contributed by atoms with E-state index in [2.05, 4.69) is 5.32 Å². The second-order valence-electron chi connectivity index (χ2n) is 4.55. The molecule has 0 heterocycles. The van der Waals surface area contributed by atoms with Crippen LogP contribution in [-0.4, -0.2) is 36.9 Å². The largest absolute Gasteiger partial charge is 0.396 e. The molecule has 0 aromatic heterocycles. The average molecular weight is 229 g/mol. The van der Waals surface area contributed by atoms with Crippen molar-refractivity contribution >= 4 is 5.91 Å². The minimum absolute atomic E-state index is 0.0885. The fourth-order valence-corrected chi connectivity index (χ4v) is 2.02. The lowest BCUT2D eigenvalue weighted by Crippen LogP contribution is -2.44. The van der Waals surface area contributed by atoms with Crippen LogP contribution in [0.5, 0.6) is 0 Å². The van der Waals surface area contributed by atoms with E-state index in [1.54, 1.807) is 7.11 Å². The zero-order valence-corrected chi connectivity index (χ0v) is 10.1. The molecule has 0 spiro atoms. The van der Waals surface area contributed by atoms with Crippen LogP contribution in [0.15, 0.2) is 0 Å². The summed E-state index contributed by atoms with van der Waals surface area (Å²) < 4.78 is 5.40. The maximum absolute atomic E-state index is 11.6. The minimum Gasteiger partial charge on any atom is -0.396 e. The molecule has 1 saturated carbocycles. The molecule has 0 bridgehead atoms. The van der Waals surface area contributed by atoms with Gasteiger partial charge in [0.1, 0.15) is 0 Å².